The molecule has 1 atom stereocenters. The first-order valence-corrected chi connectivity index (χ1v) is 9.89. The second kappa shape index (κ2) is 8.41. The normalized spacial score (nSPS) is 16.4. The maximum atomic E-state index is 12.0. The summed E-state index contributed by atoms with van der Waals surface area (Å²) in [6.45, 7) is 4.13. The van der Waals surface area contributed by atoms with Crippen molar-refractivity contribution in [2.24, 2.45) is 0 Å². The molecule has 28 heavy (non-hydrogen) atoms. The largest absolute Gasteiger partial charge is 0.462 e. The Kier molecular flexibility index (Phi) is 5.54. The van der Waals surface area contributed by atoms with E-state index in [-0.39, 0.29) is 12.0 Å². The third-order valence-corrected chi connectivity index (χ3v) is 5.35. The predicted molar refractivity (Wildman–Crippen MR) is 111 cm³/mol. The van der Waals surface area contributed by atoms with E-state index < -0.39 is 0 Å². The van der Waals surface area contributed by atoms with Gasteiger partial charge in [-0.1, -0.05) is 66.7 Å². The molecule has 1 aliphatic rings. The number of fused-ring (bicyclic) bond motifs is 1. The average Bonchev–Trinajstić information content (AvgIpc) is 2.75. The number of rotatable bonds is 5. The van der Waals surface area contributed by atoms with Crippen LogP contribution in [0.15, 0.2) is 78.9 Å². The van der Waals surface area contributed by atoms with Crippen LogP contribution >= 0.6 is 0 Å². The number of benzene rings is 3. The second-order valence-corrected chi connectivity index (χ2v) is 7.15. The zero-order chi connectivity index (χ0) is 19.3. The van der Waals surface area contributed by atoms with E-state index in [1.54, 1.807) is 0 Å². The Hall–Kier alpha value is -2.91. The monoisotopic (exact) mass is 371 g/mol. The van der Waals surface area contributed by atoms with Crippen LogP contribution in [0.4, 0.5) is 0 Å². The highest BCUT2D eigenvalue weighted by molar-refractivity contribution is 5.89. The highest BCUT2D eigenvalue weighted by Crippen LogP contribution is 2.36. The van der Waals surface area contributed by atoms with Crippen LogP contribution in [0.5, 0.6) is 0 Å². The summed E-state index contributed by atoms with van der Waals surface area (Å²) in [5.74, 6) is -0.265. The van der Waals surface area contributed by atoms with Crippen LogP contribution in [0.2, 0.25) is 0 Å². The van der Waals surface area contributed by atoms with Gasteiger partial charge in [0.25, 0.3) is 0 Å². The highest BCUT2D eigenvalue weighted by atomic mass is 16.5. The molecule has 3 aromatic carbocycles. The van der Waals surface area contributed by atoms with Crippen LogP contribution in [-0.4, -0.2) is 24.0 Å². The lowest BCUT2D eigenvalue weighted by molar-refractivity contribution is 0.0526. The summed E-state index contributed by atoms with van der Waals surface area (Å²) < 4.78 is 5.12. The first-order chi connectivity index (χ1) is 13.8. The van der Waals surface area contributed by atoms with Crippen LogP contribution in [-0.2, 0) is 17.7 Å². The van der Waals surface area contributed by atoms with Crippen LogP contribution in [0, 0.1) is 0 Å². The van der Waals surface area contributed by atoms with Crippen molar-refractivity contribution in [3.8, 4) is 0 Å². The molecule has 0 radical (unpaired) electrons. The van der Waals surface area contributed by atoms with Crippen molar-refractivity contribution < 1.29 is 9.53 Å². The second-order valence-electron chi connectivity index (χ2n) is 7.15. The molecule has 0 bridgehead atoms. The quantitative estimate of drug-likeness (QED) is 0.591. The van der Waals surface area contributed by atoms with Crippen LogP contribution in [0.3, 0.4) is 0 Å². The summed E-state index contributed by atoms with van der Waals surface area (Å²) in [6.07, 6.45) is 1.06. The van der Waals surface area contributed by atoms with Gasteiger partial charge >= 0.3 is 5.97 Å². The maximum Gasteiger partial charge on any atom is 0.338 e. The number of esters is 1. The number of ether oxygens (including phenoxy) is 1. The molecular formula is C25H25NO2. The topological polar surface area (TPSA) is 29.5 Å². The number of nitrogens with zero attached hydrogens (tertiary/aromatic N) is 1. The number of hydrogen-bond donors (Lipinski definition) is 0. The van der Waals surface area contributed by atoms with E-state index >= 15 is 0 Å². The number of hydrogen-bond acceptors (Lipinski definition) is 3. The zero-order valence-electron chi connectivity index (χ0n) is 16.2. The van der Waals surface area contributed by atoms with Gasteiger partial charge in [-0.2, -0.15) is 0 Å². The lowest BCUT2D eigenvalue weighted by Gasteiger charge is -2.38. The molecule has 0 N–H and O–H groups in total. The smallest absolute Gasteiger partial charge is 0.338 e. The van der Waals surface area contributed by atoms with Gasteiger partial charge in [0.15, 0.2) is 0 Å². The Balaban J connectivity index is 1.68. The van der Waals surface area contributed by atoms with Crippen molar-refractivity contribution in [2.45, 2.75) is 25.9 Å². The Morgan fingerprint density at radius 3 is 2.43 bits per heavy atom. The summed E-state index contributed by atoms with van der Waals surface area (Å²) >= 11 is 0. The molecule has 0 saturated carbocycles. The summed E-state index contributed by atoms with van der Waals surface area (Å²) in [4.78, 5) is 14.5. The molecule has 3 aromatic rings. The minimum atomic E-state index is -0.265. The molecule has 0 spiro atoms. The van der Waals surface area contributed by atoms with Gasteiger partial charge in [-0.25, -0.2) is 4.79 Å². The van der Waals surface area contributed by atoms with Gasteiger partial charge in [0.1, 0.15) is 0 Å². The molecule has 0 fully saturated rings. The van der Waals surface area contributed by atoms with Crippen LogP contribution in [0.1, 0.15) is 45.6 Å². The van der Waals surface area contributed by atoms with Crippen molar-refractivity contribution in [2.75, 3.05) is 13.2 Å². The summed E-state index contributed by atoms with van der Waals surface area (Å²) in [7, 11) is 0. The molecule has 4 rings (SSSR count). The van der Waals surface area contributed by atoms with Gasteiger partial charge in [0.2, 0.25) is 0 Å². The standard InChI is InChI=1S/C25H25NO2/c1-2-28-25(27)22-14-12-21(13-15-22)24-23-11-7-6-10-20(23)16-17-26(24)18-19-8-4-3-5-9-19/h3-15,24H,2,16-18H2,1H3. The van der Waals surface area contributed by atoms with E-state index in [1.165, 1.54) is 22.3 Å². The van der Waals surface area contributed by atoms with Crippen molar-refractivity contribution in [3.05, 3.63) is 107 Å². The van der Waals surface area contributed by atoms with Gasteiger partial charge < -0.3 is 4.74 Å². The first kappa shape index (κ1) is 18.5. The lowest BCUT2D eigenvalue weighted by Crippen LogP contribution is -2.35. The van der Waals surface area contributed by atoms with Crippen LogP contribution in [0.25, 0.3) is 0 Å². The molecule has 142 valence electrons. The van der Waals surface area contributed by atoms with Crippen molar-refractivity contribution in [1.29, 1.82) is 0 Å². The van der Waals surface area contributed by atoms with E-state index in [9.17, 15) is 4.79 Å². The van der Waals surface area contributed by atoms with E-state index in [4.69, 9.17) is 4.74 Å². The lowest BCUT2D eigenvalue weighted by atomic mass is 9.87. The highest BCUT2D eigenvalue weighted by Gasteiger charge is 2.28. The zero-order valence-corrected chi connectivity index (χ0v) is 16.2. The maximum absolute atomic E-state index is 12.0. The predicted octanol–water partition coefficient (Wildman–Crippen LogP) is 5.01. The van der Waals surface area contributed by atoms with Gasteiger partial charge in [0, 0.05) is 13.1 Å². The van der Waals surface area contributed by atoms with Gasteiger partial charge in [-0.15, -0.1) is 0 Å². The average molecular weight is 371 g/mol. The van der Waals surface area contributed by atoms with E-state index in [2.05, 4.69) is 71.6 Å². The van der Waals surface area contributed by atoms with Crippen molar-refractivity contribution >= 4 is 5.97 Å². The molecule has 1 unspecified atom stereocenters. The molecule has 0 aliphatic carbocycles. The molecule has 3 heteroatoms. The fraction of sp³-hybridized carbons (Fsp3) is 0.240. The van der Waals surface area contributed by atoms with E-state index in [1.807, 2.05) is 19.1 Å². The summed E-state index contributed by atoms with van der Waals surface area (Å²) in [5.41, 5.74) is 5.88. The Bertz CT molecular complexity index is 934. The fourth-order valence-electron chi connectivity index (χ4n) is 4.01. The number of carbonyl (C=O) groups is 1. The Morgan fingerprint density at radius 1 is 0.964 bits per heavy atom. The van der Waals surface area contributed by atoms with Crippen LogP contribution < -0.4 is 0 Å². The summed E-state index contributed by atoms with van der Waals surface area (Å²) in [6, 6.07) is 27.4. The third kappa shape index (κ3) is 3.85. The van der Waals surface area contributed by atoms with Crippen molar-refractivity contribution in [1.82, 2.24) is 4.90 Å². The molecule has 0 saturated heterocycles. The molecule has 1 aliphatic heterocycles. The van der Waals surface area contributed by atoms with Gasteiger partial charge in [0.05, 0.1) is 18.2 Å². The third-order valence-electron chi connectivity index (χ3n) is 5.35. The molecule has 0 aromatic heterocycles. The Labute approximate surface area is 166 Å². The molecule has 3 nitrogen and oxygen atoms in total. The molecular weight excluding hydrogens is 346 g/mol. The van der Waals surface area contributed by atoms with E-state index in [0.29, 0.717) is 12.2 Å². The SMILES string of the molecule is CCOC(=O)c1ccc(C2c3ccccc3CCN2Cc2ccccc2)cc1. The number of carbonyl (C=O) groups excluding carboxylic acids is 1. The fourth-order valence-corrected chi connectivity index (χ4v) is 4.01. The van der Waals surface area contributed by atoms with Crippen molar-refractivity contribution in [3.63, 3.8) is 0 Å². The van der Waals surface area contributed by atoms with Gasteiger partial charge in [-0.3, -0.25) is 4.90 Å². The van der Waals surface area contributed by atoms with Gasteiger partial charge in [-0.05, 0) is 47.7 Å². The minimum absolute atomic E-state index is 0.182. The Morgan fingerprint density at radius 2 is 1.68 bits per heavy atom. The summed E-state index contributed by atoms with van der Waals surface area (Å²) in [5, 5.41) is 0. The molecule has 1 heterocycles. The minimum Gasteiger partial charge on any atom is -0.462 e. The molecule has 0 amide bonds. The van der Waals surface area contributed by atoms with E-state index in [0.717, 1.165) is 19.5 Å². The first-order valence-electron chi connectivity index (χ1n) is 9.89.